The number of hydrogen-bond acceptors (Lipinski definition) is 4. The zero-order chi connectivity index (χ0) is 19.0. The molecule has 0 radical (unpaired) electrons. The molecule has 4 rings (SSSR count). The van der Waals surface area contributed by atoms with E-state index >= 15 is 0 Å². The predicted molar refractivity (Wildman–Crippen MR) is 101 cm³/mol. The largest absolute Gasteiger partial charge is 0.497 e. The molecular formula is C21H18N2O4. The maximum Gasteiger partial charge on any atom is 0.354 e. The topological polar surface area (TPSA) is 88.3 Å². The van der Waals surface area contributed by atoms with Crippen molar-refractivity contribution in [2.24, 2.45) is 0 Å². The molecule has 6 heteroatoms. The first-order chi connectivity index (χ1) is 13.0. The van der Waals surface area contributed by atoms with E-state index in [1.807, 2.05) is 43.3 Å². The van der Waals surface area contributed by atoms with Crippen LogP contribution in [-0.4, -0.2) is 28.2 Å². The molecule has 0 aliphatic carbocycles. The number of aromatic carboxylic acids is 1. The summed E-state index contributed by atoms with van der Waals surface area (Å²) in [5, 5.41) is 10.2. The van der Waals surface area contributed by atoms with Crippen LogP contribution in [0.2, 0.25) is 0 Å². The van der Waals surface area contributed by atoms with Crippen LogP contribution in [0, 0.1) is 6.92 Å². The number of aromatic amines is 1. The van der Waals surface area contributed by atoms with Gasteiger partial charge < -0.3 is 19.2 Å². The van der Waals surface area contributed by atoms with Gasteiger partial charge in [-0.2, -0.15) is 0 Å². The van der Waals surface area contributed by atoms with E-state index in [-0.39, 0.29) is 5.69 Å². The molecule has 0 spiro atoms. The number of nitrogens with zero attached hydrogens (tertiary/aromatic N) is 1. The maximum atomic E-state index is 11.2. The Morgan fingerprint density at radius 2 is 2.07 bits per heavy atom. The number of rotatable bonds is 5. The zero-order valence-corrected chi connectivity index (χ0v) is 14.9. The Labute approximate surface area is 155 Å². The lowest BCUT2D eigenvalue weighted by Gasteiger charge is -2.05. The second-order valence-corrected chi connectivity index (χ2v) is 6.30. The van der Waals surface area contributed by atoms with E-state index in [9.17, 15) is 9.90 Å². The van der Waals surface area contributed by atoms with E-state index in [0.29, 0.717) is 12.1 Å². The average molecular weight is 362 g/mol. The van der Waals surface area contributed by atoms with Gasteiger partial charge in [0.25, 0.3) is 0 Å². The third-order valence-electron chi connectivity index (χ3n) is 4.48. The number of carboxylic acid groups (broad SMARTS) is 1. The third kappa shape index (κ3) is 3.17. The van der Waals surface area contributed by atoms with Crippen molar-refractivity contribution in [2.75, 3.05) is 7.11 Å². The summed E-state index contributed by atoms with van der Waals surface area (Å²) < 4.78 is 11.1. The van der Waals surface area contributed by atoms with E-state index in [2.05, 4.69) is 9.97 Å². The highest BCUT2D eigenvalue weighted by Gasteiger charge is 2.18. The molecule has 2 N–H and O–H groups in total. The summed E-state index contributed by atoms with van der Waals surface area (Å²) in [6.45, 7) is 1.90. The van der Waals surface area contributed by atoms with Crippen molar-refractivity contribution >= 4 is 16.9 Å². The lowest BCUT2D eigenvalue weighted by atomic mass is 10.0. The number of ether oxygens (including phenoxy) is 1. The van der Waals surface area contributed by atoms with Gasteiger partial charge in [-0.05, 0) is 48.9 Å². The lowest BCUT2D eigenvalue weighted by molar-refractivity contribution is 0.0690. The monoisotopic (exact) mass is 362 g/mol. The minimum Gasteiger partial charge on any atom is -0.497 e. The van der Waals surface area contributed by atoms with Crippen LogP contribution >= 0.6 is 0 Å². The van der Waals surface area contributed by atoms with Crippen LogP contribution in [0.1, 0.15) is 27.5 Å². The number of carboxylic acids is 1. The first-order valence-corrected chi connectivity index (χ1v) is 8.50. The highest BCUT2D eigenvalue weighted by Crippen LogP contribution is 2.34. The molecule has 3 heterocycles. The fourth-order valence-electron chi connectivity index (χ4n) is 3.20. The lowest BCUT2D eigenvalue weighted by Crippen LogP contribution is -2.03. The Balaban J connectivity index is 1.86. The van der Waals surface area contributed by atoms with Crippen molar-refractivity contribution in [1.29, 1.82) is 0 Å². The van der Waals surface area contributed by atoms with Crippen LogP contribution < -0.4 is 4.74 Å². The highest BCUT2D eigenvalue weighted by atomic mass is 16.5. The molecular weight excluding hydrogens is 344 g/mol. The Kier molecular flexibility index (Phi) is 4.16. The molecule has 0 amide bonds. The molecule has 0 fully saturated rings. The van der Waals surface area contributed by atoms with Gasteiger partial charge in [0.05, 0.1) is 12.8 Å². The van der Waals surface area contributed by atoms with Crippen molar-refractivity contribution in [1.82, 2.24) is 9.97 Å². The second-order valence-electron chi connectivity index (χ2n) is 6.30. The number of fused-ring (bicyclic) bond motifs is 1. The van der Waals surface area contributed by atoms with Crippen molar-refractivity contribution in [3.8, 4) is 17.2 Å². The van der Waals surface area contributed by atoms with Crippen LogP contribution in [0.3, 0.4) is 0 Å². The summed E-state index contributed by atoms with van der Waals surface area (Å²) in [6.07, 6.45) is 0.475. The number of methoxy groups -OCH3 is 1. The molecule has 0 saturated heterocycles. The number of furan rings is 1. The van der Waals surface area contributed by atoms with E-state index in [1.165, 1.54) is 6.07 Å². The molecule has 0 saturated carbocycles. The van der Waals surface area contributed by atoms with Gasteiger partial charge in [-0.1, -0.05) is 6.07 Å². The molecule has 0 atom stereocenters. The smallest absolute Gasteiger partial charge is 0.354 e. The molecule has 0 aliphatic rings. The van der Waals surface area contributed by atoms with Gasteiger partial charge in [-0.25, -0.2) is 9.78 Å². The predicted octanol–water partition coefficient (Wildman–Crippen LogP) is 4.43. The van der Waals surface area contributed by atoms with Crippen LogP contribution in [-0.2, 0) is 6.42 Å². The van der Waals surface area contributed by atoms with Gasteiger partial charge >= 0.3 is 5.97 Å². The van der Waals surface area contributed by atoms with E-state index < -0.39 is 5.97 Å². The first kappa shape index (κ1) is 16.9. The summed E-state index contributed by atoms with van der Waals surface area (Å²) >= 11 is 0. The molecule has 0 aliphatic heterocycles. The van der Waals surface area contributed by atoms with E-state index in [0.717, 1.165) is 39.4 Å². The van der Waals surface area contributed by atoms with Crippen molar-refractivity contribution in [3.05, 3.63) is 71.2 Å². The normalized spacial score (nSPS) is 11.0. The Bertz CT molecular complexity index is 1140. The van der Waals surface area contributed by atoms with Gasteiger partial charge in [-0.3, -0.25) is 0 Å². The zero-order valence-electron chi connectivity index (χ0n) is 14.9. The van der Waals surface area contributed by atoms with E-state index in [1.54, 1.807) is 13.2 Å². The molecule has 4 aromatic rings. The van der Waals surface area contributed by atoms with Crippen molar-refractivity contribution < 1.29 is 19.1 Å². The molecule has 6 nitrogen and oxygen atoms in total. The van der Waals surface area contributed by atoms with Gasteiger partial charge in [-0.15, -0.1) is 0 Å². The Morgan fingerprint density at radius 3 is 2.78 bits per heavy atom. The summed E-state index contributed by atoms with van der Waals surface area (Å²) in [5.41, 5.74) is 3.48. The number of benzene rings is 1. The minimum absolute atomic E-state index is 0.0319. The first-order valence-electron chi connectivity index (χ1n) is 8.50. The van der Waals surface area contributed by atoms with Crippen LogP contribution in [0.5, 0.6) is 5.75 Å². The van der Waals surface area contributed by atoms with Crippen molar-refractivity contribution in [2.45, 2.75) is 13.3 Å². The van der Waals surface area contributed by atoms with Gasteiger partial charge in [0, 0.05) is 29.1 Å². The third-order valence-corrected chi connectivity index (χ3v) is 4.48. The number of aromatic nitrogens is 2. The SMILES string of the molecule is COc1ccc2c(Cc3cccc(C(=O)O)n3)c(-c3ccc(C)o3)[nH]c2c1. The number of carbonyl (C=O) groups is 1. The molecule has 0 bridgehead atoms. The molecule has 1 aromatic carbocycles. The van der Waals surface area contributed by atoms with Gasteiger partial charge in [0.15, 0.2) is 5.76 Å². The van der Waals surface area contributed by atoms with Crippen LogP contribution in [0.25, 0.3) is 22.4 Å². The number of hydrogen-bond donors (Lipinski definition) is 2. The maximum absolute atomic E-state index is 11.2. The van der Waals surface area contributed by atoms with Crippen LogP contribution in [0.4, 0.5) is 0 Å². The summed E-state index contributed by atoms with van der Waals surface area (Å²) in [7, 11) is 1.63. The number of nitrogens with one attached hydrogen (secondary N) is 1. The number of H-pyrrole nitrogens is 1. The number of aryl methyl sites for hydroxylation is 1. The molecule has 3 aromatic heterocycles. The van der Waals surface area contributed by atoms with Gasteiger partial charge in [0.2, 0.25) is 0 Å². The fraction of sp³-hybridized carbons (Fsp3) is 0.143. The quantitative estimate of drug-likeness (QED) is 0.548. The van der Waals surface area contributed by atoms with Gasteiger partial charge in [0.1, 0.15) is 17.2 Å². The second kappa shape index (κ2) is 6.64. The minimum atomic E-state index is -1.04. The van der Waals surface area contributed by atoms with E-state index in [4.69, 9.17) is 9.15 Å². The summed E-state index contributed by atoms with van der Waals surface area (Å²) in [6, 6.07) is 14.7. The summed E-state index contributed by atoms with van der Waals surface area (Å²) in [5.74, 6) is 1.26. The molecule has 0 unspecified atom stereocenters. The van der Waals surface area contributed by atoms with Crippen molar-refractivity contribution in [3.63, 3.8) is 0 Å². The molecule has 136 valence electrons. The highest BCUT2D eigenvalue weighted by molar-refractivity contribution is 5.91. The fourth-order valence-corrected chi connectivity index (χ4v) is 3.20. The standard InChI is InChI=1S/C21H18N2O4/c1-12-6-9-19(27-12)20-16(10-13-4-3-5-17(22-13)21(24)25)15-8-7-14(26-2)11-18(15)23-20/h3-9,11,23H,10H2,1-2H3,(H,24,25). The average Bonchev–Trinajstić information content (AvgIpc) is 3.25. The Hall–Kier alpha value is -3.54. The van der Waals surface area contributed by atoms with Crippen LogP contribution in [0.15, 0.2) is 52.9 Å². The Morgan fingerprint density at radius 1 is 1.22 bits per heavy atom. The molecule has 27 heavy (non-hydrogen) atoms. The summed E-state index contributed by atoms with van der Waals surface area (Å²) in [4.78, 5) is 18.9. The number of pyridine rings is 1.